The Labute approximate surface area is 161 Å². The van der Waals surface area contributed by atoms with Crippen molar-refractivity contribution < 1.29 is 13.2 Å². The lowest BCUT2D eigenvalue weighted by Crippen LogP contribution is -2.17. The third kappa shape index (κ3) is 3.48. The highest BCUT2D eigenvalue weighted by molar-refractivity contribution is 7.90. The van der Waals surface area contributed by atoms with Crippen molar-refractivity contribution in [2.75, 3.05) is 5.32 Å². The monoisotopic (exact) mass is 401 g/mol. The SMILES string of the molecule is Cc1ccc(-n2nc3c(c2NC(=O)c2ccc(Cl)cc2)CS(=O)(=O)C3)cc1. The normalized spacial score (nSPS) is 14.7. The van der Waals surface area contributed by atoms with Gasteiger partial charge in [-0.1, -0.05) is 29.3 Å². The number of nitrogens with one attached hydrogen (secondary N) is 1. The molecule has 0 saturated heterocycles. The van der Waals surface area contributed by atoms with Gasteiger partial charge in [0.1, 0.15) is 5.82 Å². The van der Waals surface area contributed by atoms with Crippen LogP contribution >= 0.6 is 11.6 Å². The highest BCUT2D eigenvalue weighted by atomic mass is 35.5. The van der Waals surface area contributed by atoms with Crippen LogP contribution in [0.2, 0.25) is 5.02 Å². The number of hydrogen-bond donors (Lipinski definition) is 1. The Kier molecular flexibility index (Phi) is 4.28. The minimum absolute atomic E-state index is 0.120. The quantitative estimate of drug-likeness (QED) is 0.728. The van der Waals surface area contributed by atoms with Crippen LogP contribution in [0.1, 0.15) is 27.2 Å². The van der Waals surface area contributed by atoms with Gasteiger partial charge in [0.2, 0.25) is 0 Å². The maximum Gasteiger partial charge on any atom is 0.256 e. The van der Waals surface area contributed by atoms with E-state index in [1.807, 2.05) is 31.2 Å². The highest BCUT2D eigenvalue weighted by Gasteiger charge is 2.33. The summed E-state index contributed by atoms with van der Waals surface area (Å²) in [4.78, 5) is 12.7. The van der Waals surface area contributed by atoms with Crippen LogP contribution in [0.3, 0.4) is 0 Å². The Balaban J connectivity index is 1.77. The van der Waals surface area contributed by atoms with Crippen LogP contribution in [0.15, 0.2) is 48.5 Å². The lowest BCUT2D eigenvalue weighted by atomic mass is 10.2. The molecule has 1 amide bonds. The van der Waals surface area contributed by atoms with Crippen LogP contribution in [0, 0.1) is 6.92 Å². The number of rotatable bonds is 3. The van der Waals surface area contributed by atoms with Gasteiger partial charge in [-0.3, -0.25) is 4.79 Å². The average molecular weight is 402 g/mol. The molecule has 4 rings (SSSR count). The van der Waals surface area contributed by atoms with Gasteiger partial charge in [-0.2, -0.15) is 5.10 Å². The van der Waals surface area contributed by atoms with Gasteiger partial charge < -0.3 is 5.32 Å². The topological polar surface area (TPSA) is 81.1 Å². The number of aromatic nitrogens is 2. The predicted octanol–water partition coefficient (Wildman–Crippen LogP) is 3.51. The number of hydrogen-bond acceptors (Lipinski definition) is 4. The van der Waals surface area contributed by atoms with Crippen molar-refractivity contribution in [3.63, 3.8) is 0 Å². The molecule has 138 valence electrons. The summed E-state index contributed by atoms with van der Waals surface area (Å²) in [5, 5.41) is 7.81. The van der Waals surface area contributed by atoms with E-state index >= 15 is 0 Å². The number of anilines is 1. The summed E-state index contributed by atoms with van der Waals surface area (Å²) >= 11 is 5.87. The van der Waals surface area contributed by atoms with E-state index in [0.29, 0.717) is 27.7 Å². The van der Waals surface area contributed by atoms with E-state index < -0.39 is 9.84 Å². The molecule has 1 aromatic heterocycles. The number of halogens is 1. The molecule has 2 heterocycles. The minimum Gasteiger partial charge on any atom is -0.306 e. The molecule has 6 nitrogen and oxygen atoms in total. The fraction of sp³-hybridized carbons (Fsp3) is 0.158. The molecule has 1 N–H and O–H groups in total. The molecular weight excluding hydrogens is 386 g/mol. The largest absolute Gasteiger partial charge is 0.306 e. The van der Waals surface area contributed by atoms with E-state index in [9.17, 15) is 13.2 Å². The summed E-state index contributed by atoms with van der Waals surface area (Å²) in [5.41, 5.74) is 3.28. The van der Waals surface area contributed by atoms with Crippen molar-refractivity contribution in [1.29, 1.82) is 0 Å². The fourth-order valence-electron chi connectivity index (χ4n) is 3.02. The van der Waals surface area contributed by atoms with Gasteiger partial charge in [0.25, 0.3) is 5.91 Å². The third-order valence-electron chi connectivity index (χ3n) is 4.40. The van der Waals surface area contributed by atoms with E-state index in [1.165, 1.54) is 0 Å². The molecule has 2 aromatic carbocycles. The van der Waals surface area contributed by atoms with Crippen LogP contribution in [0.4, 0.5) is 5.82 Å². The second kappa shape index (κ2) is 6.51. The summed E-state index contributed by atoms with van der Waals surface area (Å²) in [6, 6.07) is 14.1. The van der Waals surface area contributed by atoms with Gasteiger partial charge in [0, 0.05) is 16.1 Å². The van der Waals surface area contributed by atoms with Crippen molar-refractivity contribution in [2.45, 2.75) is 18.4 Å². The Morgan fingerprint density at radius 3 is 2.41 bits per heavy atom. The second-order valence-corrected chi connectivity index (χ2v) is 9.02. The average Bonchev–Trinajstić information content (AvgIpc) is 3.09. The van der Waals surface area contributed by atoms with E-state index in [2.05, 4.69) is 10.4 Å². The fourth-order valence-corrected chi connectivity index (χ4v) is 4.64. The van der Waals surface area contributed by atoms with Crippen molar-refractivity contribution in [3.8, 4) is 5.69 Å². The smallest absolute Gasteiger partial charge is 0.256 e. The first-order valence-corrected chi connectivity index (χ1v) is 10.5. The van der Waals surface area contributed by atoms with Gasteiger partial charge in [-0.05, 0) is 43.3 Å². The summed E-state index contributed by atoms with van der Waals surface area (Å²) < 4.78 is 25.6. The van der Waals surface area contributed by atoms with Gasteiger partial charge in [-0.25, -0.2) is 13.1 Å². The van der Waals surface area contributed by atoms with Crippen LogP contribution in [0.5, 0.6) is 0 Å². The molecular formula is C19H16ClN3O3S. The van der Waals surface area contributed by atoms with Crippen molar-refractivity contribution in [1.82, 2.24) is 9.78 Å². The molecule has 0 unspecified atom stereocenters. The number of amides is 1. The van der Waals surface area contributed by atoms with Crippen LogP contribution in [-0.2, 0) is 21.3 Å². The molecule has 0 fully saturated rings. The van der Waals surface area contributed by atoms with Crippen LogP contribution in [-0.4, -0.2) is 24.1 Å². The summed E-state index contributed by atoms with van der Waals surface area (Å²) in [6.45, 7) is 1.97. The molecule has 1 aliphatic heterocycles. The molecule has 0 aliphatic carbocycles. The number of nitrogens with zero attached hydrogens (tertiary/aromatic N) is 2. The molecule has 0 bridgehead atoms. The molecule has 0 saturated carbocycles. The zero-order valence-electron chi connectivity index (χ0n) is 14.4. The van der Waals surface area contributed by atoms with E-state index in [4.69, 9.17) is 11.6 Å². The Morgan fingerprint density at radius 1 is 1.07 bits per heavy atom. The molecule has 0 spiro atoms. The highest BCUT2D eigenvalue weighted by Crippen LogP contribution is 2.33. The number of benzene rings is 2. The minimum atomic E-state index is -3.24. The predicted molar refractivity (Wildman–Crippen MR) is 104 cm³/mol. The van der Waals surface area contributed by atoms with Crippen molar-refractivity contribution in [3.05, 3.63) is 75.9 Å². The zero-order chi connectivity index (χ0) is 19.2. The first-order valence-electron chi connectivity index (χ1n) is 8.27. The molecule has 27 heavy (non-hydrogen) atoms. The number of sulfone groups is 1. The molecule has 0 radical (unpaired) electrons. The van der Waals surface area contributed by atoms with Gasteiger partial charge in [-0.15, -0.1) is 0 Å². The van der Waals surface area contributed by atoms with Crippen molar-refractivity contribution in [2.24, 2.45) is 0 Å². The van der Waals surface area contributed by atoms with Gasteiger partial charge in [0.15, 0.2) is 9.84 Å². The number of carbonyl (C=O) groups is 1. The van der Waals surface area contributed by atoms with Crippen molar-refractivity contribution >= 4 is 33.2 Å². The number of carbonyl (C=O) groups excluding carboxylic acids is 1. The van der Waals surface area contributed by atoms with Gasteiger partial charge >= 0.3 is 0 Å². The van der Waals surface area contributed by atoms with Gasteiger partial charge in [0.05, 0.1) is 22.9 Å². The Bertz CT molecular complexity index is 1130. The third-order valence-corrected chi connectivity index (χ3v) is 6.10. The Morgan fingerprint density at radius 2 is 1.74 bits per heavy atom. The summed E-state index contributed by atoms with van der Waals surface area (Å²) in [6.07, 6.45) is 0. The van der Waals surface area contributed by atoms with E-state index in [1.54, 1.807) is 28.9 Å². The molecule has 1 aliphatic rings. The van der Waals surface area contributed by atoms with Crippen LogP contribution in [0.25, 0.3) is 5.69 Å². The number of aryl methyl sites for hydroxylation is 1. The standard InChI is InChI=1S/C19H16ClN3O3S/c1-12-2-8-15(9-3-12)23-18(16-10-27(25,26)11-17(16)22-23)21-19(24)13-4-6-14(20)7-5-13/h2-9H,10-11H2,1H3,(H,21,24). The van der Waals surface area contributed by atoms with E-state index in [-0.39, 0.29) is 17.4 Å². The first-order chi connectivity index (χ1) is 12.8. The lowest BCUT2D eigenvalue weighted by Gasteiger charge is -2.11. The lowest BCUT2D eigenvalue weighted by molar-refractivity contribution is 0.102. The number of fused-ring (bicyclic) bond motifs is 1. The molecule has 0 atom stereocenters. The second-order valence-electron chi connectivity index (χ2n) is 6.51. The van der Waals surface area contributed by atoms with E-state index in [0.717, 1.165) is 11.3 Å². The summed E-state index contributed by atoms with van der Waals surface area (Å²) in [7, 11) is -3.24. The Hall–Kier alpha value is -2.64. The summed E-state index contributed by atoms with van der Waals surface area (Å²) in [5.74, 6) is -0.225. The maximum absolute atomic E-state index is 12.7. The van der Waals surface area contributed by atoms with Crippen LogP contribution < -0.4 is 5.32 Å². The maximum atomic E-state index is 12.7. The molecule has 8 heteroatoms. The zero-order valence-corrected chi connectivity index (χ0v) is 16.0. The first kappa shape index (κ1) is 17.8. The molecule has 3 aromatic rings.